The minimum Gasteiger partial charge on any atom is -0.873 e. The third-order valence-corrected chi connectivity index (χ3v) is 2.61. The molecule has 4 N–H and O–H groups in total. The molecule has 6 nitrogen and oxygen atoms in total. The fourth-order valence-electron chi connectivity index (χ4n) is 1.38. The topological polar surface area (TPSA) is 127 Å². The zero-order valence-electron chi connectivity index (χ0n) is 13.0. The van der Waals surface area contributed by atoms with Gasteiger partial charge in [-0.3, -0.25) is 0 Å². The molecule has 128 valence electrons. The van der Waals surface area contributed by atoms with Gasteiger partial charge in [-0.25, -0.2) is 0 Å². The van der Waals surface area contributed by atoms with E-state index in [1.807, 2.05) is 0 Å². The quantitative estimate of drug-likeness (QED) is 0.351. The molecule has 3 rings (SSSR count). The molecule has 0 spiro atoms. The Balaban J connectivity index is 0.000000339. The first-order valence-corrected chi connectivity index (χ1v) is 6.78. The first-order valence-electron chi connectivity index (χ1n) is 6.78. The predicted molar refractivity (Wildman–Crippen MR) is 84.9 cm³/mol. The Labute approximate surface area is 159 Å². The van der Waals surface area contributed by atoms with Crippen LogP contribution in [0.2, 0.25) is 0 Å². The van der Waals surface area contributed by atoms with Crippen LogP contribution in [0.5, 0.6) is 34.5 Å². The van der Waals surface area contributed by atoms with Gasteiger partial charge in [0.1, 0.15) is 0 Å². The summed E-state index contributed by atoms with van der Waals surface area (Å²) in [5.41, 5.74) is 0. The Morgan fingerprint density at radius 2 is 0.640 bits per heavy atom. The number of hydrogen-bond acceptors (Lipinski definition) is 6. The third kappa shape index (κ3) is 8.55. The van der Waals surface area contributed by atoms with Gasteiger partial charge in [0.25, 0.3) is 0 Å². The smallest absolute Gasteiger partial charge is 0.873 e. The summed E-state index contributed by atoms with van der Waals surface area (Å²) in [6, 6.07) is 17.9. The Hall–Kier alpha value is -2.83. The summed E-state index contributed by atoms with van der Waals surface area (Å²) in [4.78, 5) is 0. The number of phenolic OH excluding ortho intramolecular Hbond substituents is 4. The van der Waals surface area contributed by atoms with Crippen molar-refractivity contribution in [1.29, 1.82) is 0 Å². The molecule has 0 atom stereocenters. The van der Waals surface area contributed by atoms with Crippen LogP contribution in [0.15, 0.2) is 72.8 Å². The number of phenols is 4. The zero-order valence-corrected chi connectivity index (χ0v) is 14.6. The van der Waals surface area contributed by atoms with Crippen LogP contribution >= 0.6 is 0 Å². The molecule has 0 heterocycles. The van der Waals surface area contributed by atoms with E-state index in [4.69, 9.17) is 20.4 Å². The van der Waals surface area contributed by atoms with Crippen molar-refractivity contribution < 1.29 is 52.4 Å². The first-order chi connectivity index (χ1) is 11.4. The van der Waals surface area contributed by atoms with Gasteiger partial charge in [-0.15, -0.1) is 11.5 Å². The predicted octanol–water partition coefficient (Wildman–Crippen LogP) is 2.03. The fraction of sp³-hybridized carbons (Fsp3) is 0. The molecule has 0 radical (unpaired) electrons. The summed E-state index contributed by atoms with van der Waals surface area (Å²) >= 11 is 0. The van der Waals surface area contributed by atoms with Gasteiger partial charge in [0.2, 0.25) is 0 Å². The average molecular weight is 376 g/mol. The summed E-state index contributed by atoms with van der Waals surface area (Å²) in [5, 5.41) is 55.3. The summed E-state index contributed by atoms with van der Waals surface area (Å²) in [6.07, 6.45) is 0. The van der Waals surface area contributed by atoms with Crippen molar-refractivity contribution in [2.75, 3.05) is 0 Å². The molecule has 0 unspecified atom stereocenters. The van der Waals surface area contributed by atoms with Crippen molar-refractivity contribution in [3.8, 4) is 34.5 Å². The van der Waals surface area contributed by atoms with E-state index in [9.17, 15) is 10.2 Å². The molecule has 0 aliphatic heterocycles. The van der Waals surface area contributed by atoms with Crippen LogP contribution in [-0.4, -0.2) is 20.4 Å². The van der Waals surface area contributed by atoms with E-state index in [0.29, 0.717) is 0 Å². The van der Waals surface area contributed by atoms with Crippen LogP contribution in [0, 0.1) is 0 Å². The molecule has 0 aliphatic rings. The van der Waals surface area contributed by atoms with Gasteiger partial charge in [0.15, 0.2) is 23.0 Å². The van der Waals surface area contributed by atoms with Crippen molar-refractivity contribution >= 4 is 0 Å². The van der Waals surface area contributed by atoms with Gasteiger partial charge < -0.3 is 30.6 Å². The number of benzene rings is 3. The van der Waals surface area contributed by atoms with Gasteiger partial charge in [0, 0.05) is 0 Å². The molecule has 0 aliphatic carbocycles. The second-order valence-electron chi connectivity index (χ2n) is 4.42. The van der Waals surface area contributed by atoms with Gasteiger partial charge in [-0.1, -0.05) is 48.5 Å². The average Bonchev–Trinajstić information content (AvgIpc) is 2.57. The number of rotatable bonds is 0. The van der Waals surface area contributed by atoms with Gasteiger partial charge >= 0.3 is 21.7 Å². The standard InChI is InChI=1S/3C6H6O2.Ti/c3*7-5-3-1-2-4-6(5)8;/h3*1-4,7-8H;/q;;;+2/p-2. The molecule has 3 aromatic rings. The second kappa shape index (κ2) is 11.7. The molecular formula is C18H16O6Ti. The molecule has 0 saturated heterocycles. The van der Waals surface area contributed by atoms with Gasteiger partial charge in [-0.05, 0) is 24.3 Å². The SMILES string of the molecule is Oc1ccccc1O.Oc1ccccc1O.[O-]c1ccccc1[O-].[Ti+2]. The maximum atomic E-state index is 10.3. The fourth-order valence-corrected chi connectivity index (χ4v) is 1.38. The Bertz CT molecular complexity index is 597. The summed E-state index contributed by atoms with van der Waals surface area (Å²) in [7, 11) is 0. The Kier molecular flexibility index (Phi) is 10.4. The van der Waals surface area contributed by atoms with E-state index in [0.717, 1.165) is 0 Å². The normalized spacial score (nSPS) is 8.64. The number of hydrogen-bond donors (Lipinski definition) is 4. The van der Waals surface area contributed by atoms with Crippen molar-refractivity contribution in [3.63, 3.8) is 0 Å². The molecule has 25 heavy (non-hydrogen) atoms. The monoisotopic (exact) mass is 376 g/mol. The van der Waals surface area contributed by atoms with Crippen molar-refractivity contribution in [2.45, 2.75) is 0 Å². The minimum atomic E-state index is -0.437. The summed E-state index contributed by atoms with van der Waals surface area (Å²) in [5.74, 6) is -1.18. The summed E-state index contributed by atoms with van der Waals surface area (Å²) < 4.78 is 0. The second-order valence-corrected chi connectivity index (χ2v) is 4.42. The molecule has 0 fully saturated rings. The van der Waals surface area contributed by atoms with Crippen LogP contribution in [0.4, 0.5) is 0 Å². The van der Waals surface area contributed by atoms with E-state index < -0.39 is 11.5 Å². The van der Waals surface area contributed by atoms with Crippen molar-refractivity contribution in [1.82, 2.24) is 0 Å². The van der Waals surface area contributed by atoms with Gasteiger partial charge in [-0.2, -0.15) is 0 Å². The molecule has 7 heteroatoms. The molecule has 0 bridgehead atoms. The van der Waals surface area contributed by atoms with Crippen LogP contribution in [0.1, 0.15) is 0 Å². The number of aromatic hydroxyl groups is 4. The zero-order chi connectivity index (χ0) is 17.9. The first kappa shape index (κ1) is 22.2. The van der Waals surface area contributed by atoms with E-state index in [2.05, 4.69) is 0 Å². The Morgan fingerprint density at radius 1 is 0.440 bits per heavy atom. The minimum absolute atomic E-state index is 0. The maximum Gasteiger partial charge on any atom is 2.00 e. The van der Waals surface area contributed by atoms with E-state index in [1.54, 1.807) is 36.4 Å². The van der Waals surface area contributed by atoms with E-state index in [-0.39, 0.29) is 44.7 Å². The summed E-state index contributed by atoms with van der Waals surface area (Å²) in [6.45, 7) is 0. The maximum absolute atomic E-state index is 10.3. The Morgan fingerprint density at radius 3 is 0.800 bits per heavy atom. The van der Waals surface area contributed by atoms with Crippen molar-refractivity contribution in [3.05, 3.63) is 72.8 Å². The van der Waals surface area contributed by atoms with Crippen LogP contribution in [0.25, 0.3) is 0 Å². The molecule has 3 aromatic carbocycles. The van der Waals surface area contributed by atoms with Crippen LogP contribution in [0.3, 0.4) is 0 Å². The van der Waals surface area contributed by atoms with E-state index in [1.165, 1.54) is 36.4 Å². The molecule has 0 aromatic heterocycles. The molecular weight excluding hydrogens is 360 g/mol. The van der Waals surface area contributed by atoms with Crippen LogP contribution in [-0.2, 0) is 21.7 Å². The molecule has 0 saturated carbocycles. The number of para-hydroxylation sites is 6. The third-order valence-electron chi connectivity index (χ3n) is 2.61. The molecule has 0 amide bonds. The van der Waals surface area contributed by atoms with Gasteiger partial charge in [0.05, 0.1) is 0 Å². The van der Waals surface area contributed by atoms with E-state index >= 15 is 0 Å². The van der Waals surface area contributed by atoms with Crippen molar-refractivity contribution in [2.24, 2.45) is 0 Å². The van der Waals surface area contributed by atoms with Crippen LogP contribution < -0.4 is 10.2 Å². The largest absolute Gasteiger partial charge is 2.00 e.